The van der Waals surface area contributed by atoms with E-state index >= 15 is 0 Å². The number of nitrogens with zero attached hydrogens (tertiary/aromatic N) is 2. The van der Waals surface area contributed by atoms with Crippen LogP contribution in [0.15, 0.2) is 97.1 Å². The van der Waals surface area contributed by atoms with Gasteiger partial charge in [-0.3, -0.25) is 55.9 Å². The van der Waals surface area contributed by atoms with Crippen LogP contribution in [-0.2, 0) is 82.7 Å². The minimum absolute atomic E-state index is 0.0292. The van der Waals surface area contributed by atoms with Crippen molar-refractivity contribution in [3.63, 3.8) is 0 Å². The molecule has 0 radical (unpaired) electrons. The van der Waals surface area contributed by atoms with Crippen LogP contribution < -0.4 is 31.1 Å². The molecule has 0 fully saturated rings. The molecule has 0 aromatic heterocycles. The third-order valence-corrected chi connectivity index (χ3v) is 17.5. The van der Waals surface area contributed by atoms with Crippen molar-refractivity contribution in [1.82, 2.24) is 21.3 Å². The number of unbranched alkanes of at least 4 members (excludes halogenated alkanes) is 8. The van der Waals surface area contributed by atoms with Gasteiger partial charge in [0.25, 0.3) is 0 Å². The standard InChI is InChI=1S/C64H83N6O18P3/c1-83-89(77,78)88-56(46-67-59(71)30-14-20-44-86-90(79,80)84-42-18-4-2-16-40-65-61(73)36-38-63(75)69-48-54-26-8-6-22-50(54)32-34-52-24-10-12-28-57(52)69)47-68-60(72)31-15-21-45-87-91(81,82)85-43-19-5-3-17-41-66-62(74)37-39-64(76)70-49-55-27-9-7-23-51(55)33-35-53-25-11-13-29-58(53)70/h6-13,22-29,56H,2-5,14-21,30-31,36-49H2,1H3,(H,65,73)(H,66,74)(H,67,71)(H,68,72)(H,77,78)(H,79,80)(H,81,82). The quantitative estimate of drug-likeness (QED) is 0.0124. The Morgan fingerprint density at radius 1 is 0.429 bits per heavy atom. The van der Waals surface area contributed by atoms with Crippen molar-refractivity contribution >= 4 is 70.3 Å². The lowest BCUT2D eigenvalue weighted by Crippen LogP contribution is -2.41. The summed E-state index contributed by atoms with van der Waals surface area (Å²) in [5.74, 6) is 10.9. The summed E-state index contributed by atoms with van der Waals surface area (Å²) in [5.41, 5.74) is 6.44. The molecule has 4 aromatic carbocycles. The molecule has 6 amide bonds. The molecule has 3 unspecified atom stereocenters. The van der Waals surface area contributed by atoms with Crippen LogP contribution in [0.25, 0.3) is 0 Å². The van der Waals surface area contributed by atoms with E-state index in [-0.39, 0.29) is 127 Å². The van der Waals surface area contributed by atoms with Gasteiger partial charge in [0, 0.05) is 94.1 Å². The van der Waals surface area contributed by atoms with Gasteiger partial charge in [-0.05, 0) is 98.9 Å². The number of carbonyl (C=O) groups excluding carboxylic acids is 6. The normalized spacial score (nSPS) is 14.5. The van der Waals surface area contributed by atoms with Crippen LogP contribution in [0.3, 0.4) is 0 Å². The first-order valence-corrected chi connectivity index (χ1v) is 35.1. The molecule has 27 heteroatoms. The van der Waals surface area contributed by atoms with Gasteiger partial charge in [0.05, 0.1) is 50.9 Å². The van der Waals surface area contributed by atoms with Crippen molar-refractivity contribution in [2.24, 2.45) is 0 Å². The first-order chi connectivity index (χ1) is 43.8. The van der Waals surface area contributed by atoms with Gasteiger partial charge in [0.2, 0.25) is 35.4 Å². The minimum atomic E-state index is -4.54. The molecular weight excluding hydrogens is 1230 g/mol. The topological polar surface area (TPSA) is 324 Å². The van der Waals surface area contributed by atoms with E-state index in [4.69, 9.17) is 22.6 Å². The summed E-state index contributed by atoms with van der Waals surface area (Å²) < 4.78 is 66.9. The second-order valence-corrected chi connectivity index (χ2v) is 25.9. The lowest BCUT2D eigenvalue weighted by Gasteiger charge is -2.26. The number of nitrogens with one attached hydrogen (secondary N) is 4. The summed E-state index contributed by atoms with van der Waals surface area (Å²) in [6.45, 7) is 0.508. The van der Waals surface area contributed by atoms with Crippen LogP contribution in [0.5, 0.6) is 0 Å². The Morgan fingerprint density at radius 3 is 1.18 bits per heavy atom. The lowest BCUT2D eigenvalue weighted by molar-refractivity contribution is -0.125. The molecule has 492 valence electrons. The van der Waals surface area contributed by atoms with Crippen molar-refractivity contribution in [3.8, 4) is 23.7 Å². The molecule has 0 bridgehead atoms. The van der Waals surface area contributed by atoms with E-state index in [1.54, 1.807) is 9.80 Å². The molecule has 91 heavy (non-hydrogen) atoms. The number of para-hydroxylation sites is 2. The highest BCUT2D eigenvalue weighted by molar-refractivity contribution is 7.47. The van der Waals surface area contributed by atoms with Crippen LogP contribution in [0, 0.1) is 23.7 Å². The summed E-state index contributed by atoms with van der Waals surface area (Å²) in [6, 6.07) is 30.2. The first kappa shape index (κ1) is 73.2. The zero-order valence-electron chi connectivity index (χ0n) is 51.3. The molecule has 7 N–H and O–H groups in total. The fraction of sp³-hybridized carbons (Fsp3) is 0.469. The average molecular weight is 1320 g/mol. The Morgan fingerprint density at radius 2 is 0.769 bits per heavy atom. The van der Waals surface area contributed by atoms with Gasteiger partial charge in [-0.1, -0.05) is 110 Å². The van der Waals surface area contributed by atoms with Gasteiger partial charge in [-0.25, -0.2) is 13.7 Å². The highest BCUT2D eigenvalue weighted by Gasteiger charge is 2.28. The summed E-state index contributed by atoms with van der Waals surface area (Å²) in [7, 11) is -12.3. The third-order valence-electron chi connectivity index (χ3n) is 14.4. The number of fused-ring (bicyclic) bond motifs is 4. The number of phosphoric ester groups is 3. The van der Waals surface area contributed by atoms with Gasteiger partial charge >= 0.3 is 23.5 Å². The number of amides is 6. The molecule has 2 aliphatic heterocycles. The van der Waals surface area contributed by atoms with E-state index in [9.17, 15) is 57.1 Å². The Kier molecular flexibility index (Phi) is 31.3. The van der Waals surface area contributed by atoms with E-state index in [0.717, 1.165) is 40.5 Å². The number of anilines is 2. The van der Waals surface area contributed by atoms with Crippen LogP contribution in [0.4, 0.5) is 11.4 Å². The molecule has 0 saturated heterocycles. The van der Waals surface area contributed by atoms with Gasteiger partial charge < -0.3 is 45.7 Å². The number of hydrogen-bond acceptors (Lipinski definition) is 15. The largest absolute Gasteiger partial charge is 0.472 e. The van der Waals surface area contributed by atoms with Gasteiger partial charge in [0.1, 0.15) is 6.10 Å². The lowest BCUT2D eigenvalue weighted by atomic mass is 10.0. The zero-order chi connectivity index (χ0) is 65.3. The maximum Gasteiger partial charge on any atom is 0.472 e. The monoisotopic (exact) mass is 1320 g/mol. The fourth-order valence-corrected chi connectivity index (χ4v) is 11.7. The van der Waals surface area contributed by atoms with Crippen molar-refractivity contribution in [1.29, 1.82) is 0 Å². The Labute approximate surface area is 532 Å². The minimum Gasteiger partial charge on any atom is -0.356 e. The highest BCUT2D eigenvalue weighted by Crippen LogP contribution is 2.45. The van der Waals surface area contributed by atoms with Crippen LogP contribution >= 0.6 is 23.5 Å². The predicted octanol–water partition coefficient (Wildman–Crippen LogP) is 8.77. The fourth-order valence-electron chi connectivity index (χ4n) is 9.50. The van der Waals surface area contributed by atoms with E-state index in [2.05, 4.69) is 49.5 Å². The smallest absolute Gasteiger partial charge is 0.356 e. The number of benzene rings is 4. The second-order valence-electron chi connectivity index (χ2n) is 21.5. The van der Waals surface area contributed by atoms with Crippen molar-refractivity contribution in [2.75, 3.05) is 69.5 Å². The van der Waals surface area contributed by atoms with Gasteiger partial charge in [-0.2, -0.15) is 0 Å². The molecule has 4 aromatic rings. The molecule has 0 spiro atoms. The van der Waals surface area contributed by atoms with E-state index in [1.807, 2.05) is 97.1 Å². The summed E-state index contributed by atoms with van der Waals surface area (Å²) in [6.07, 6.45) is 4.79. The van der Waals surface area contributed by atoms with Gasteiger partial charge in [-0.15, -0.1) is 0 Å². The predicted molar refractivity (Wildman–Crippen MR) is 340 cm³/mol. The van der Waals surface area contributed by atoms with Gasteiger partial charge in [0.15, 0.2) is 0 Å². The van der Waals surface area contributed by atoms with Crippen molar-refractivity contribution < 1.29 is 84.3 Å². The maximum atomic E-state index is 13.4. The molecule has 24 nitrogen and oxygen atoms in total. The Hall–Kier alpha value is -6.85. The zero-order valence-corrected chi connectivity index (χ0v) is 54.0. The third kappa shape index (κ3) is 27.5. The number of rotatable bonds is 41. The molecule has 2 heterocycles. The van der Waals surface area contributed by atoms with Crippen molar-refractivity contribution in [2.45, 2.75) is 135 Å². The van der Waals surface area contributed by atoms with Crippen LogP contribution in [0.1, 0.15) is 149 Å². The van der Waals surface area contributed by atoms with E-state index in [0.29, 0.717) is 88.9 Å². The molecule has 3 atom stereocenters. The highest BCUT2D eigenvalue weighted by atomic mass is 31.2. The van der Waals surface area contributed by atoms with Crippen molar-refractivity contribution in [3.05, 3.63) is 130 Å². The number of hydrogen-bond donors (Lipinski definition) is 7. The maximum absolute atomic E-state index is 13.4. The molecule has 2 aliphatic rings. The molecule has 0 saturated carbocycles. The SMILES string of the molecule is COP(=O)(O)OC(CNC(=O)CCCCOP(=O)(O)OCCCCCCNC(=O)CCC(=O)N1Cc2ccccc2C#Cc2ccccc21)CNC(=O)CCCCOP(=O)(O)OCCCCCCNC(=O)CCC(=O)N1Cc2ccccc2C#Cc2ccccc21. The van der Waals surface area contributed by atoms with E-state index < -0.39 is 41.4 Å². The number of carbonyl (C=O) groups is 6. The van der Waals surface area contributed by atoms with Crippen LogP contribution in [-0.4, -0.2) is 116 Å². The molecule has 6 rings (SSSR count). The second kappa shape index (κ2) is 38.9. The molecular formula is C64H83N6O18P3. The number of phosphoric acid groups is 3. The summed E-state index contributed by atoms with van der Waals surface area (Å²) >= 11 is 0. The van der Waals surface area contributed by atoms with E-state index in [1.165, 1.54) is 0 Å². The van der Waals surface area contributed by atoms with Crippen LogP contribution in [0.2, 0.25) is 0 Å². The summed E-state index contributed by atoms with van der Waals surface area (Å²) in [5, 5.41) is 10.8. The molecule has 0 aliphatic carbocycles. The Balaban J connectivity index is 0.727. The Bertz CT molecular complexity index is 3160. The summed E-state index contributed by atoms with van der Waals surface area (Å²) in [4.78, 5) is 111. The average Bonchev–Trinajstić information content (AvgIpc) is 1.09. The first-order valence-electron chi connectivity index (χ1n) is 30.7.